The molecule has 1 heterocycles. The van der Waals surface area contributed by atoms with Crippen LogP contribution in [0.25, 0.3) is 0 Å². The molecule has 0 aromatic heterocycles. The van der Waals surface area contributed by atoms with Crippen LogP contribution in [0.3, 0.4) is 0 Å². The molecule has 0 radical (unpaired) electrons. The van der Waals surface area contributed by atoms with E-state index in [0.717, 1.165) is 49.3 Å². The van der Waals surface area contributed by atoms with Gasteiger partial charge in [0.05, 0.1) is 11.4 Å². The number of fused-ring (bicyclic) bond motifs is 1. The number of nitrogens with one attached hydrogen (secondary N) is 3. The lowest BCUT2D eigenvalue weighted by molar-refractivity contribution is 0.0888. The van der Waals surface area contributed by atoms with Crippen LogP contribution in [0.2, 0.25) is 0 Å². The number of anilines is 2. The SMILES string of the molecule is CCC(CC)(CC)NC(=O)c1ccc2c(c1)NCCN2. The van der Waals surface area contributed by atoms with E-state index in [1.807, 2.05) is 18.2 Å². The largest absolute Gasteiger partial charge is 0.382 e. The van der Waals surface area contributed by atoms with Gasteiger partial charge in [-0.2, -0.15) is 0 Å². The van der Waals surface area contributed by atoms with Crippen molar-refractivity contribution in [2.45, 2.75) is 45.6 Å². The van der Waals surface area contributed by atoms with Gasteiger partial charge in [0.1, 0.15) is 0 Å². The average molecular weight is 275 g/mol. The minimum atomic E-state index is -0.0847. The van der Waals surface area contributed by atoms with Crippen molar-refractivity contribution in [3.63, 3.8) is 0 Å². The first-order valence-electron chi connectivity index (χ1n) is 7.58. The monoisotopic (exact) mass is 275 g/mol. The Morgan fingerprint density at radius 3 is 2.30 bits per heavy atom. The smallest absolute Gasteiger partial charge is 0.251 e. The Morgan fingerprint density at radius 1 is 1.10 bits per heavy atom. The second kappa shape index (κ2) is 6.16. The predicted octanol–water partition coefficient (Wildman–Crippen LogP) is 3.22. The van der Waals surface area contributed by atoms with E-state index in [0.29, 0.717) is 0 Å². The summed E-state index contributed by atoms with van der Waals surface area (Å²) in [4.78, 5) is 12.5. The van der Waals surface area contributed by atoms with E-state index in [1.54, 1.807) is 0 Å². The second-order valence-electron chi connectivity index (χ2n) is 5.41. The Balaban J connectivity index is 2.17. The fraction of sp³-hybridized carbons (Fsp3) is 0.562. The third-order valence-corrected chi connectivity index (χ3v) is 4.45. The average Bonchev–Trinajstić information content (AvgIpc) is 2.52. The minimum absolute atomic E-state index is 0.0192. The molecule has 0 spiro atoms. The van der Waals surface area contributed by atoms with Gasteiger partial charge in [0.25, 0.3) is 5.91 Å². The number of hydrogen-bond acceptors (Lipinski definition) is 3. The van der Waals surface area contributed by atoms with Gasteiger partial charge < -0.3 is 16.0 Å². The Morgan fingerprint density at radius 2 is 1.70 bits per heavy atom. The molecule has 3 N–H and O–H groups in total. The topological polar surface area (TPSA) is 53.2 Å². The molecule has 1 aliphatic rings. The predicted molar refractivity (Wildman–Crippen MR) is 84.5 cm³/mol. The quantitative estimate of drug-likeness (QED) is 0.773. The van der Waals surface area contributed by atoms with Gasteiger partial charge in [-0.05, 0) is 37.5 Å². The normalized spacial score (nSPS) is 13.9. The highest BCUT2D eigenvalue weighted by Crippen LogP contribution is 2.26. The van der Waals surface area contributed by atoms with Crippen molar-refractivity contribution < 1.29 is 4.79 Å². The summed E-state index contributed by atoms with van der Waals surface area (Å²) in [6.07, 6.45) is 2.86. The van der Waals surface area contributed by atoms with Crippen LogP contribution in [0.4, 0.5) is 11.4 Å². The number of rotatable bonds is 5. The first kappa shape index (κ1) is 14.7. The van der Waals surface area contributed by atoms with Crippen molar-refractivity contribution in [2.75, 3.05) is 23.7 Å². The van der Waals surface area contributed by atoms with Crippen LogP contribution in [-0.2, 0) is 0 Å². The molecule has 0 fully saturated rings. The maximum Gasteiger partial charge on any atom is 0.251 e. The van der Waals surface area contributed by atoms with Crippen LogP contribution >= 0.6 is 0 Å². The molecule has 4 nitrogen and oxygen atoms in total. The summed E-state index contributed by atoms with van der Waals surface area (Å²) < 4.78 is 0. The van der Waals surface area contributed by atoms with Gasteiger partial charge in [0, 0.05) is 24.2 Å². The maximum absolute atomic E-state index is 12.5. The molecule has 0 unspecified atom stereocenters. The number of benzene rings is 1. The zero-order chi connectivity index (χ0) is 14.6. The fourth-order valence-electron chi connectivity index (χ4n) is 2.71. The van der Waals surface area contributed by atoms with Crippen LogP contribution in [0.1, 0.15) is 50.4 Å². The fourth-order valence-corrected chi connectivity index (χ4v) is 2.71. The summed E-state index contributed by atoms with van der Waals surface area (Å²) >= 11 is 0. The van der Waals surface area contributed by atoms with Crippen molar-refractivity contribution in [3.05, 3.63) is 23.8 Å². The second-order valence-corrected chi connectivity index (χ2v) is 5.41. The van der Waals surface area contributed by atoms with Crippen LogP contribution in [0, 0.1) is 0 Å². The molecule has 0 bridgehead atoms. The molecular formula is C16H25N3O. The van der Waals surface area contributed by atoms with E-state index in [4.69, 9.17) is 0 Å². The van der Waals surface area contributed by atoms with Gasteiger partial charge in [-0.25, -0.2) is 0 Å². The Bertz CT molecular complexity index is 472. The van der Waals surface area contributed by atoms with Gasteiger partial charge in [0.2, 0.25) is 0 Å². The summed E-state index contributed by atoms with van der Waals surface area (Å²) in [7, 11) is 0. The molecule has 1 aromatic carbocycles. The van der Waals surface area contributed by atoms with E-state index >= 15 is 0 Å². The third kappa shape index (κ3) is 2.89. The molecule has 1 amide bonds. The maximum atomic E-state index is 12.5. The molecule has 0 saturated heterocycles. The highest BCUT2D eigenvalue weighted by molar-refractivity contribution is 5.97. The lowest BCUT2D eigenvalue weighted by Gasteiger charge is -2.32. The number of hydrogen-bond donors (Lipinski definition) is 3. The molecule has 1 aliphatic heterocycles. The van der Waals surface area contributed by atoms with E-state index < -0.39 is 0 Å². The summed E-state index contributed by atoms with van der Waals surface area (Å²) in [6.45, 7) is 8.20. The summed E-state index contributed by atoms with van der Waals surface area (Å²) in [5, 5.41) is 9.85. The zero-order valence-corrected chi connectivity index (χ0v) is 12.7. The molecule has 0 aliphatic carbocycles. The van der Waals surface area contributed by atoms with Gasteiger partial charge in [0.15, 0.2) is 0 Å². The van der Waals surface area contributed by atoms with E-state index in [1.165, 1.54) is 0 Å². The summed E-state index contributed by atoms with van der Waals surface area (Å²) in [6, 6.07) is 5.80. The van der Waals surface area contributed by atoms with Gasteiger partial charge >= 0.3 is 0 Å². The van der Waals surface area contributed by atoms with Gasteiger partial charge in [-0.15, -0.1) is 0 Å². The first-order chi connectivity index (χ1) is 9.64. The Labute approximate surface area is 121 Å². The van der Waals surface area contributed by atoms with Crippen molar-refractivity contribution in [1.82, 2.24) is 5.32 Å². The highest BCUT2D eigenvalue weighted by Gasteiger charge is 2.26. The van der Waals surface area contributed by atoms with Crippen LogP contribution in [0.5, 0.6) is 0 Å². The van der Waals surface area contributed by atoms with Crippen molar-refractivity contribution in [1.29, 1.82) is 0 Å². The zero-order valence-electron chi connectivity index (χ0n) is 12.7. The standard InChI is InChI=1S/C16H25N3O/c1-4-16(5-2,6-3)19-15(20)12-7-8-13-14(11-12)18-10-9-17-13/h7-8,11,17-18H,4-6,9-10H2,1-3H3,(H,19,20). The number of carbonyl (C=O) groups is 1. The minimum Gasteiger partial charge on any atom is -0.382 e. The summed E-state index contributed by atoms with van der Waals surface area (Å²) in [5.74, 6) is 0.0192. The van der Waals surface area contributed by atoms with E-state index in [9.17, 15) is 4.79 Å². The number of carbonyl (C=O) groups excluding carboxylic acids is 1. The van der Waals surface area contributed by atoms with Crippen molar-refractivity contribution >= 4 is 17.3 Å². The molecule has 0 atom stereocenters. The van der Waals surface area contributed by atoms with Crippen molar-refractivity contribution in [3.8, 4) is 0 Å². The highest BCUT2D eigenvalue weighted by atomic mass is 16.1. The lowest BCUT2D eigenvalue weighted by atomic mass is 9.89. The molecule has 2 rings (SSSR count). The van der Waals surface area contributed by atoms with Gasteiger partial charge in [-0.3, -0.25) is 4.79 Å². The molecular weight excluding hydrogens is 250 g/mol. The Hall–Kier alpha value is -1.71. The lowest BCUT2D eigenvalue weighted by Crippen LogP contribution is -2.47. The van der Waals surface area contributed by atoms with E-state index in [2.05, 4.69) is 36.7 Å². The first-order valence-corrected chi connectivity index (χ1v) is 7.58. The van der Waals surface area contributed by atoms with Crippen molar-refractivity contribution in [2.24, 2.45) is 0 Å². The van der Waals surface area contributed by atoms with E-state index in [-0.39, 0.29) is 11.4 Å². The molecule has 4 heteroatoms. The third-order valence-electron chi connectivity index (χ3n) is 4.45. The molecule has 0 saturated carbocycles. The number of amides is 1. The summed E-state index contributed by atoms with van der Waals surface area (Å²) in [5.41, 5.74) is 2.72. The Kier molecular flexibility index (Phi) is 4.53. The molecule has 110 valence electrons. The molecule has 1 aromatic rings. The van der Waals surface area contributed by atoms with Crippen LogP contribution in [-0.4, -0.2) is 24.5 Å². The van der Waals surface area contributed by atoms with Crippen LogP contribution in [0.15, 0.2) is 18.2 Å². The molecule has 20 heavy (non-hydrogen) atoms. The van der Waals surface area contributed by atoms with Gasteiger partial charge in [-0.1, -0.05) is 20.8 Å². The van der Waals surface area contributed by atoms with Crippen LogP contribution < -0.4 is 16.0 Å².